The van der Waals surface area contributed by atoms with Gasteiger partial charge in [0.05, 0.1) is 12.2 Å². The van der Waals surface area contributed by atoms with E-state index in [1.165, 1.54) is 4.90 Å². The molecule has 0 saturated carbocycles. The summed E-state index contributed by atoms with van der Waals surface area (Å²) in [5, 5.41) is 22.8. The highest BCUT2D eigenvalue weighted by atomic mass is 35.5. The molecule has 2 heterocycles. The number of carboxylic acid groups (broad SMARTS) is 1. The van der Waals surface area contributed by atoms with E-state index in [0.717, 1.165) is 36.7 Å². The van der Waals surface area contributed by atoms with Crippen molar-refractivity contribution in [3.8, 4) is 0 Å². The normalized spacial score (nSPS) is 15.9. The Hall–Kier alpha value is -1.92. The number of halogens is 1. The minimum absolute atomic E-state index is 0.00925. The molecule has 0 atom stereocenters. The lowest BCUT2D eigenvalue weighted by Gasteiger charge is -2.32. The van der Waals surface area contributed by atoms with Crippen molar-refractivity contribution in [3.05, 3.63) is 35.1 Å². The summed E-state index contributed by atoms with van der Waals surface area (Å²) in [6.45, 7) is 1.90. The molecule has 3 rings (SSSR count). The number of hydrogen-bond acceptors (Lipinski definition) is 4. The molecule has 0 unspecified atom stereocenters. The molecule has 1 amide bonds. The summed E-state index contributed by atoms with van der Waals surface area (Å²) in [5.41, 5.74) is 0.640. The van der Waals surface area contributed by atoms with Gasteiger partial charge in [0.1, 0.15) is 0 Å². The quantitative estimate of drug-likeness (QED) is 0.908. The fourth-order valence-corrected chi connectivity index (χ4v) is 3.08. The molecule has 0 spiro atoms. The largest absolute Gasteiger partial charge is 0.465 e. The van der Waals surface area contributed by atoms with E-state index in [4.69, 9.17) is 11.6 Å². The zero-order valence-electron chi connectivity index (χ0n) is 12.0. The third-order valence-corrected chi connectivity index (χ3v) is 4.31. The van der Waals surface area contributed by atoms with Crippen LogP contribution in [-0.4, -0.2) is 45.4 Å². The minimum Gasteiger partial charge on any atom is -0.465 e. The molecule has 0 aliphatic carbocycles. The zero-order chi connectivity index (χ0) is 15.5. The Labute approximate surface area is 133 Å². The molecule has 1 aromatic heterocycles. The maximum atomic E-state index is 11.6. The lowest BCUT2D eigenvalue weighted by atomic mass is 10.0. The number of piperidine rings is 1. The van der Waals surface area contributed by atoms with Crippen LogP contribution >= 0.6 is 11.6 Å². The third kappa shape index (κ3) is 2.98. The molecule has 1 saturated heterocycles. The number of carbonyl (C=O) groups is 1. The van der Waals surface area contributed by atoms with Gasteiger partial charge in [-0.15, -0.1) is 5.10 Å². The molecular weight excluding hydrogens is 304 g/mol. The highest BCUT2D eigenvalue weighted by Gasteiger charge is 2.26. The molecule has 1 aromatic carbocycles. The highest BCUT2D eigenvalue weighted by molar-refractivity contribution is 6.34. The second kappa shape index (κ2) is 6.46. The molecule has 22 heavy (non-hydrogen) atoms. The smallest absolute Gasteiger partial charge is 0.407 e. The van der Waals surface area contributed by atoms with Crippen molar-refractivity contribution < 1.29 is 9.90 Å². The fourth-order valence-electron chi connectivity index (χ4n) is 2.88. The summed E-state index contributed by atoms with van der Waals surface area (Å²) < 4.78 is 0. The van der Waals surface area contributed by atoms with Gasteiger partial charge in [-0.1, -0.05) is 35.9 Å². The predicted molar refractivity (Wildman–Crippen MR) is 84.0 cm³/mol. The topological polar surface area (TPSA) is 78.3 Å². The Kier molecular flexibility index (Phi) is 4.40. The molecule has 1 aliphatic rings. The SMILES string of the molecule is O=C(O)N(Cc1nnc(Cl)c2ccccc12)C1CCNCC1. The van der Waals surface area contributed by atoms with E-state index >= 15 is 0 Å². The molecule has 0 radical (unpaired) electrons. The van der Waals surface area contributed by atoms with Crippen LogP contribution in [0.3, 0.4) is 0 Å². The molecule has 6 nitrogen and oxygen atoms in total. The number of hydrogen-bond donors (Lipinski definition) is 2. The Balaban J connectivity index is 1.93. The van der Waals surface area contributed by atoms with Crippen LogP contribution in [-0.2, 0) is 6.54 Å². The second-order valence-electron chi connectivity index (χ2n) is 5.37. The van der Waals surface area contributed by atoms with Crippen LogP contribution in [0.1, 0.15) is 18.5 Å². The number of rotatable bonds is 3. The number of aromatic nitrogens is 2. The zero-order valence-corrected chi connectivity index (χ0v) is 12.8. The Morgan fingerprint density at radius 3 is 2.64 bits per heavy atom. The van der Waals surface area contributed by atoms with Crippen molar-refractivity contribution in [2.45, 2.75) is 25.4 Å². The average Bonchev–Trinajstić information content (AvgIpc) is 2.55. The summed E-state index contributed by atoms with van der Waals surface area (Å²) >= 11 is 6.06. The van der Waals surface area contributed by atoms with Crippen molar-refractivity contribution in [2.24, 2.45) is 0 Å². The van der Waals surface area contributed by atoms with E-state index < -0.39 is 6.09 Å². The minimum atomic E-state index is -0.923. The van der Waals surface area contributed by atoms with Gasteiger partial charge in [0, 0.05) is 16.8 Å². The van der Waals surface area contributed by atoms with Gasteiger partial charge in [0.2, 0.25) is 0 Å². The summed E-state index contributed by atoms with van der Waals surface area (Å²) in [7, 11) is 0. The number of benzene rings is 1. The van der Waals surface area contributed by atoms with Gasteiger partial charge >= 0.3 is 6.09 Å². The number of nitrogens with zero attached hydrogens (tertiary/aromatic N) is 3. The van der Waals surface area contributed by atoms with Crippen molar-refractivity contribution in [2.75, 3.05) is 13.1 Å². The first-order chi connectivity index (χ1) is 10.7. The second-order valence-corrected chi connectivity index (χ2v) is 5.73. The van der Waals surface area contributed by atoms with Crippen LogP contribution in [0.2, 0.25) is 5.15 Å². The Morgan fingerprint density at radius 1 is 1.27 bits per heavy atom. The monoisotopic (exact) mass is 320 g/mol. The number of nitrogens with one attached hydrogen (secondary N) is 1. The average molecular weight is 321 g/mol. The lowest BCUT2D eigenvalue weighted by Crippen LogP contribution is -2.45. The Morgan fingerprint density at radius 2 is 1.95 bits per heavy atom. The van der Waals surface area contributed by atoms with Crippen LogP contribution in [0, 0.1) is 0 Å². The van der Waals surface area contributed by atoms with E-state index in [-0.39, 0.29) is 12.6 Å². The molecule has 2 aromatic rings. The molecule has 1 fully saturated rings. The lowest BCUT2D eigenvalue weighted by molar-refractivity contribution is 0.109. The van der Waals surface area contributed by atoms with E-state index in [9.17, 15) is 9.90 Å². The predicted octanol–water partition coefficient (Wildman–Crippen LogP) is 2.52. The van der Waals surface area contributed by atoms with Crippen LogP contribution < -0.4 is 5.32 Å². The van der Waals surface area contributed by atoms with E-state index in [1.54, 1.807) is 0 Å². The first-order valence-electron chi connectivity index (χ1n) is 7.27. The molecule has 2 N–H and O–H groups in total. The summed E-state index contributed by atoms with van der Waals surface area (Å²) in [6.07, 6.45) is 0.698. The number of fused-ring (bicyclic) bond motifs is 1. The standard InChI is InChI=1S/C15H17ClN4O2/c16-14-12-4-2-1-3-11(12)13(18-19-14)9-20(15(21)22)10-5-7-17-8-6-10/h1-4,10,17H,5-9H2,(H,21,22). The van der Waals surface area contributed by atoms with Gasteiger partial charge in [-0.2, -0.15) is 5.10 Å². The van der Waals surface area contributed by atoms with Crippen LogP contribution in [0.25, 0.3) is 10.8 Å². The molecular formula is C15H17ClN4O2. The van der Waals surface area contributed by atoms with Crippen LogP contribution in [0.5, 0.6) is 0 Å². The third-order valence-electron chi connectivity index (χ3n) is 4.03. The molecule has 7 heteroatoms. The van der Waals surface area contributed by atoms with Crippen LogP contribution in [0.15, 0.2) is 24.3 Å². The number of amides is 1. The molecule has 1 aliphatic heterocycles. The van der Waals surface area contributed by atoms with Crippen molar-refractivity contribution >= 4 is 28.5 Å². The van der Waals surface area contributed by atoms with Gasteiger partial charge in [-0.25, -0.2) is 4.79 Å². The van der Waals surface area contributed by atoms with E-state index in [2.05, 4.69) is 15.5 Å². The van der Waals surface area contributed by atoms with E-state index in [0.29, 0.717) is 10.8 Å². The maximum absolute atomic E-state index is 11.6. The molecule has 0 bridgehead atoms. The summed E-state index contributed by atoms with van der Waals surface area (Å²) in [5.74, 6) is 0. The van der Waals surface area contributed by atoms with E-state index in [1.807, 2.05) is 24.3 Å². The first-order valence-corrected chi connectivity index (χ1v) is 7.64. The Bertz CT molecular complexity index is 688. The van der Waals surface area contributed by atoms with Crippen LogP contribution in [0.4, 0.5) is 4.79 Å². The van der Waals surface area contributed by atoms with Crippen molar-refractivity contribution in [3.63, 3.8) is 0 Å². The van der Waals surface area contributed by atoms with Gasteiger partial charge in [0.25, 0.3) is 0 Å². The highest BCUT2D eigenvalue weighted by Crippen LogP contribution is 2.24. The first kappa shape index (κ1) is 15.0. The summed E-state index contributed by atoms with van der Waals surface area (Å²) in [6, 6.07) is 7.54. The van der Waals surface area contributed by atoms with Gasteiger partial charge in [-0.3, -0.25) is 4.90 Å². The van der Waals surface area contributed by atoms with Gasteiger partial charge in [-0.05, 0) is 25.9 Å². The summed E-state index contributed by atoms with van der Waals surface area (Å²) in [4.78, 5) is 13.1. The maximum Gasteiger partial charge on any atom is 0.407 e. The van der Waals surface area contributed by atoms with Crippen molar-refractivity contribution in [1.82, 2.24) is 20.4 Å². The molecule has 116 valence electrons. The van der Waals surface area contributed by atoms with Gasteiger partial charge in [0.15, 0.2) is 5.15 Å². The van der Waals surface area contributed by atoms with Gasteiger partial charge < -0.3 is 10.4 Å². The van der Waals surface area contributed by atoms with Crippen molar-refractivity contribution in [1.29, 1.82) is 0 Å². The fraction of sp³-hybridized carbons (Fsp3) is 0.400.